The Kier molecular flexibility index (Phi) is 2.14. The predicted octanol–water partition coefficient (Wildman–Crippen LogP) is 2.01. The highest BCUT2D eigenvalue weighted by atomic mass is 16.1. The van der Waals surface area contributed by atoms with Gasteiger partial charge in [-0.2, -0.15) is 0 Å². The molecule has 0 saturated heterocycles. The Hall–Kier alpha value is -0.790. The van der Waals surface area contributed by atoms with Gasteiger partial charge in [0.1, 0.15) is 0 Å². The SMILES string of the molecule is CCC1(CNC2=CC(=O)CC2)CC1. The maximum atomic E-state index is 10.9. The summed E-state index contributed by atoms with van der Waals surface area (Å²) in [5, 5.41) is 3.41. The monoisotopic (exact) mass is 179 g/mol. The van der Waals surface area contributed by atoms with Crippen LogP contribution in [0.5, 0.6) is 0 Å². The van der Waals surface area contributed by atoms with Crippen LogP contribution in [0, 0.1) is 5.41 Å². The standard InChI is InChI=1S/C11H17NO/c1-2-11(5-6-11)8-12-9-3-4-10(13)7-9/h7,12H,2-6,8H2,1H3. The van der Waals surface area contributed by atoms with E-state index in [1.807, 2.05) is 0 Å². The van der Waals surface area contributed by atoms with Gasteiger partial charge in [0.2, 0.25) is 0 Å². The molecule has 1 N–H and O–H groups in total. The minimum absolute atomic E-state index is 0.281. The molecule has 1 fully saturated rings. The van der Waals surface area contributed by atoms with Crippen LogP contribution >= 0.6 is 0 Å². The number of carbonyl (C=O) groups excluding carboxylic acids is 1. The average Bonchev–Trinajstić information content (AvgIpc) is 2.81. The summed E-state index contributed by atoms with van der Waals surface area (Å²) in [4.78, 5) is 10.9. The molecule has 2 nitrogen and oxygen atoms in total. The number of nitrogens with one attached hydrogen (secondary N) is 1. The van der Waals surface area contributed by atoms with Crippen molar-refractivity contribution < 1.29 is 4.79 Å². The van der Waals surface area contributed by atoms with E-state index in [4.69, 9.17) is 0 Å². The number of ketones is 1. The second-order valence-electron chi connectivity index (χ2n) is 4.34. The third-order valence-electron chi connectivity index (χ3n) is 3.37. The normalized spacial score (nSPS) is 24.4. The van der Waals surface area contributed by atoms with Gasteiger partial charge in [0.05, 0.1) is 0 Å². The quantitative estimate of drug-likeness (QED) is 0.715. The molecule has 2 heteroatoms. The zero-order valence-corrected chi connectivity index (χ0v) is 8.23. The van der Waals surface area contributed by atoms with Crippen LogP contribution in [0.1, 0.15) is 39.0 Å². The molecule has 2 aliphatic rings. The molecule has 0 unspecified atom stereocenters. The molecular formula is C11H17NO. The highest BCUT2D eigenvalue weighted by molar-refractivity contribution is 5.92. The van der Waals surface area contributed by atoms with Gasteiger partial charge in [-0.15, -0.1) is 0 Å². The molecule has 0 radical (unpaired) electrons. The lowest BCUT2D eigenvalue weighted by Gasteiger charge is -2.14. The van der Waals surface area contributed by atoms with Crippen molar-refractivity contribution in [3.05, 3.63) is 11.8 Å². The molecule has 0 aliphatic heterocycles. The van der Waals surface area contributed by atoms with Crippen molar-refractivity contribution in [2.24, 2.45) is 5.41 Å². The molecule has 0 amide bonds. The van der Waals surface area contributed by atoms with Gasteiger partial charge >= 0.3 is 0 Å². The van der Waals surface area contributed by atoms with Crippen LogP contribution in [-0.4, -0.2) is 12.3 Å². The van der Waals surface area contributed by atoms with Crippen molar-refractivity contribution in [2.75, 3.05) is 6.54 Å². The van der Waals surface area contributed by atoms with Crippen molar-refractivity contribution >= 4 is 5.78 Å². The summed E-state index contributed by atoms with van der Waals surface area (Å²) < 4.78 is 0. The molecule has 0 spiro atoms. The van der Waals surface area contributed by atoms with Crippen LogP contribution in [0.25, 0.3) is 0 Å². The summed E-state index contributed by atoms with van der Waals surface area (Å²) in [6.45, 7) is 3.32. The first kappa shape index (κ1) is 8.79. The van der Waals surface area contributed by atoms with E-state index in [1.54, 1.807) is 6.08 Å². The zero-order valence-electron chi connectivity index (χ0n) is 8.23. The van der Waals surface area contributed by atoms with Crippen molar-refractivity contribution in [3.63, 3.8) is 0 Å². The van der Waals surface area contributed by atoms with E-state index < -0.39 is 0 Å². The van der Waals surface area contributed by atoms with Crippen molar-refractivity contribution in [2.45, 2.75) is 39.0 Å². The van der Waals surface area contributed by atoms with Crippen LogP contribution in [0.3, 0.4) is 0 Å². The van der Waals surface area contributed by atoms with Gasteiger partial charge in [0, 0.05) is 24.7 Å². The molecule has 1 saturated carbocycles. The van der Waals surface area contributed by atoms with E-state index in [0.29, 0.717) is 11.8 Å². The summed E-state index contributed by atoms with van der Waals surface area (Å²) >= 11 is 0. The lowest BCUT2D eigenvalue weighted by Crippen LogP contribution is -2.22. The van der Waals surface area contributed by atoms with E-state index in [9.17, 15) is 4.79 Å². The van der Waals surface area contributed by atoms with Crippen molar-refractivity contribution in [1.82, 2.24) is 5.32 Å². The maximum absolute atomic E-state index is 10.9. The summed E-state index contributed by atoms with van der Waals surface area (Å²) in [5.74, 6) is 0.281. The topological polar surface area (TPSA) is 29.1 Å². The number of rotatable bonds is 4. The van der Waals surface area contributed by atoms with Gasteiger partial charge in [-0.25, -0.2) is 0 Å². The molecule has 0 atom stereocenters. The molecule has 72 valence electrons. The number of allylic oxidation sites excluding steroid dienone is 2. The lowest BCUT2D eigenvalue weighted by molar-refractivity contribution is -0.114. The molecule has 2 aliphatic carbocycles. The number of hydrogen-bond acceptors (Lipinski definition) is 2. The number of hydrogen-bond donors (Lipinski definition) is 1. The van der Waals surface area contributed by atoms with Crippen LogP contribution in [-0.2, 0) is 4.79 Å². The Bertz CT molecular complexity index is 251. The Labute approximate surface area is 79.4 Å². The molecule has 0 aromatic carbocycles. The van der Waals surface area contributed by atoms with Crippen molar-refractivity contribution in [1.29, 1.82) is 0 Å². The largest absolute Gasteiger partial charge is 0.388 e. The molecule has 13 heavy (non-hydrogen) atoms. The highest BCUT2D eigenvalue weighted by Gasteiger charge is 2.40. The van der Waals surface area contributed by atoms with Gasteiger partial charge in [-0.3, -0.25) is 4.79 Å². The highest BCUT2D eigenvalue weighted by Crippen LogP contribution is 2.48. The Morgan fingerprint density at radius 3 is 2.69 bits per heavy atom. The van der Waals surface area contributed by atoms with Gasteiger partial charge in [0.25, 0.3) is 0 Å². The third-order valence-corrected chi connectivity index (χ3v) is 3.37. The molecule has 0 aromatic heterocycles. The van der Waals surface area contributed by atoms with E-state index >= 15 is 0 Å². The first-order valence-corrected chi connectivity index (χ1v) is 5.21. The zero-order chi connectivity index (χ0) is 9.31. The second-order valence-corrected chi connectivity index (χ2v) is 4.34. The van der Waals surface area contributed by atoms with Crippen LogP contribution in [0.4, 0.5) is 0 Å². The fraction of sp³-hybridized carbons (Fsp3) is 0.727. The Morgan fingerprint density at radius 2 is 2.23 bits per heavy atom. The van der Waals surface area contributed by atoms with E-state index in [0.717, 1.165) is 18.7 Å². The second kappa shape index (κ2) is 3.17. The Balaban J connectivity index is 1.80. The van der Waals surface area contributed by atoms with E-state index in [2.05, 4.69) is 12.2 Å². The summed E-state index contributed by atoms with van der Waals surface area (Å²) in [5.41, 5.74) is 1.73. The fourth-order valence-corrected chi connectivity index (χ4v) is 1.87. The van der Waals surface area contributed by atoms with E-state index in [-0.39, 0.29) is 5.78 Å². The number of carbonyl (C=O) groups is 1. The first-order valence-electron chi connectivity index (χ1n) is 5.21. The van der Waals surface area contributed by atoms with Gasteiger partial charge < -0.3 is 5.32 Å². The van der Waals surface area contributed by atoms with Gasteiger partial charge in [-0.05, 0) is 31.1 Å². The molecule has 0 bridgehead atoms. The van der Waals surface area contributed by atoms with Gasteiger partial charge in [0.15, 0.2) is 5.78 Å². The minimum atomic E-state index is 0.281. The van der Waals surface area contributed by atoms with Crippen LogP contribution in [0.15, 0.2) is 11.8 Å². The average molecular weight is 179 g/mol. The summed E-state index contributed by atoms with van der Waals surface area (Å²) in [6, 6.07) is 0. The summed E-state index contributed by atoms with van der Waals surface area (Å²) in [7, 11) is 0. The van der Waals surface area contributed by atoms with Gasteiger partial charge in [-0.1, -0.05) is 6.92 Å². The van der Waals surface area contributed by atoms with Crippen LogP contribution in [0.2, 0.25) is 0 Å². The first-order chi connectivity index (χ1) is 6.24. The third kappa shape index (κ3) is 1.93. The Morgan fingerprint density at radius 1 is 1.46 bits per heavy atom. The van der Waals surface area contributed by atoms with Crippen molar-refractivity contribution in [3.8, 4) is 0 Å². The molecule has 2 rings (SSSR count). The molecular weight excluding hydrogens is 162 g/mol. The van der Waals surface area contributed by atoms with Crippen LogP contribution < -0.4 is 5.32 Å². The fourth-order valence-electron chi connectivity index (χ4n) is 1.87. The minimum Gasteiger partial charge on any atom is -0.388 e. The molecule has 0 heterocycles. The molecule has 0 aromatic rings. The smallest absolute Gasteiger partial charge is 0.157 e. The maximum Gasteiger partial charge on any atom is 0.157 e. The summed E-state index contributed by atoms with van der Waals surface area (Å²) in [6.07, 6.45) is 7.39. The predicted molar refractivity (Wildman–Crippen MR) is 52.3 cm³/mol. The van der Waals surface area contributed by atoms with E-state index in [1.165, 1.54) is 19.3 Å². The lowest BCUT2D eigenvalue weighted by atomic mass is 10.0.